The van der Waals surface area contributed by atoms with Gasteiger partial charge in [0.05, 0.1) is 17.9 Å². The molecule has 186 valence electrons. The van der Waals surface area contributed by atoms with Crippen molar-refractivity contribution in [2.75, 3.05) is 17.7 Å². The maximum Gasteiger partial charge on any atom is 0.279 e. The van der Waals surface area contributed by atoms with Gasteiger partial charge in [0.15, 0.2) is 5.65 Å². The van der Waals surface area contributed by atoms with Crippen LogP contribution in [0.4, 0.5) is 21.7 Å². The zero-order chi connectivity index (χ0) is 25.6. The molecule has 0 radical (unpaired) electrons. The van der Waals surface area contributed by atoms with E-state index in [9.17, 15) is 19.1 Å². The number of amides is 1. The lowest BCUT2D eigenvalue weighted by Gasteiger charge is -2.17. The molecule has 5 rings (SSSR count). The molecule has 0 aliphatic heterocycles. The maximum atomic E-state index is 13.3. The zero-order valence-corrected chi connectivity index (χ0v) is 19.9. The van der Waals surface area contributed by atoms with E-state index in [4.69, 9.17) is 0 Å². The number of fused-ring (bicyclic) bond motifs is 1. The van der Waals surface area contributed by atoms with Crippen LogP contribution in [0.2, 0.25) is 0 Å². The molecule has 0 spiro atoms. The largest absolute Gasteiger partial charge is 0.384 e. The van der Waals surface area contributed by atoms with Gasteiger partial charge in [0.2, 0.25) is 0 Å². The van der Waals surface area contributed by atoms with Gasteiger partial charge in [-0.25, -0.2) is 14.4 Å². The molecule has 0 unspecified atom stereocenters. The first kappa shape index (κ1) is 23.4. The van der Waals surface area contributed by atoms with Gasteiger partial charge in [0.25, 0.3) is 11.5 Å². The summed E-state index contributed by atoms with van der Waals surface area (Å²) in [7, 11) is 1.69. The van der Waals surface area contributed by atoms with Crippen molar-refractivity contribution in [1.82, 2.24) is 29.5 Å². The highest BCUT2D eigenvalue weighted by molar-refractivity contribution is 6.00. The highest BCUT2D eigenvalue weighted by atomic mass is 19.1. The molecular weight excluding hydrogens is 467 g/mol. The van der Waals surface area contributed by atoms with Crippen LogP contribution < -0.4 is 21.5 Å². The van der Waals surface area contributed by atoms with Gasteiger partial charge >= 0.3 is 0 Å². The number of carbonyl (C=O) groups excluding carboxylic acids is 1. The van der Waals surface area contributed by atoms with Crippen LogP contribution in [-0.4, -0.2) is 54.4 Å². The molecule has 1 saturated carbocycles. The van der Waals surface area contributed by atoms with Crippen LogP contribution in [0.1, 0.15) is 36.3 Å². The topological polar surface area (TPSA) is 138 Å². The Bertz CT molecular complexity index is 1520. The number of anilines is 3. The maximum absolute atomic E-state index is 13.3. The minimum absolute atomic E-state index is 0.187. The SMILES string of the molecule is CNc1cc(Nc2cccn(-c3cccc(C(C)(C)O)n3)c2=O)nc2c(C(=O)N[C@H]3C[C@H]3F)cnn12. The second-order valence-corrected chi connectivity index (χ2v) is 9.06. The standard InChI is InChI=1S/C24H25FN8O3/c1-24(2,36)17-7-4-8-19(30-17)32-9-5-6-15(23(32)35)28-18-11-20(26-3)33-21(31-18)13(12-27-33)22(34)29-16-10-14(16)25/h4-9,11-12,14,16,26,36H,10H2,1-3H3,(H,28,31)(H,29,34)/t14-,16+/m1/s1. The smallest absolute Gasteiger partial charge is 0.279 e. The summed E-state index contributed by atoms with van der Waals surface area (Å²) in [4.78, 5) is 34.8. The Morgan fingerprint density at radius 1 is 1.22 bits per heavy atom. The summed E-state index contributed by atoms with van der Waals surface area (Å²) in [5.41, 5.74) is -0.484. The van der Waals surface area contributed by atoms with Crippen LogP contribution in [0.5, 0.6) is 0 Å². The Labute approximate surface area is 205 Å². The molecule has 4 aromatic heterocycles. The third kappa shape index (κ3) is 4.38. The fourth-order valence-electron chi connectivity index (χ4n) is 3.73. The Morgan fingerprint density at radius 3 is 2.69 bits per heavy atom. The Balaban J connectivity index is 1.50. The van der Waals surface area contributed by atoms with Crippen LogP contribution in [-0.2, 0) is 5.60 Å². The van der Waals surface area contributed by atoms with Gasteiger partial charge in [0.1, 0.15) is 40.5 Å². The Kier molecular flexibility index (Phi) is 5.67. The van der Waals surface area contributed by atoms with Gasteiger partial charge in [-0.3, -0.25) is 14.2 Å². The monoisotopic (exact) mass is 492 g/mol. The molecule has 0 bridgehead atoms. The number of aromatic nitrogens is 5. The molecule has 4 aromatic rings. The molecule has 11 nitrogen and oxygen atoms in total. The first-order valence-electron chi connectivity index (χ1n) is 11.4. The van der Waals surface area contributed by atoms with Gasteiger partial charge in [-0.05, 0) is 38.1 Å². The molecule has 0 saturated heterocycles. The summed E-state index contributed by atoms with van der Waals surface area (Å²) in [6.45, 7) is 3.24. The molecule has 12 heteroatoms. The summed E-state index contributed by atoms with van der Waals surface area (Å²) in [6, 6.07) is 9.50. The molecule has 0 aromatic carbocycles. The van der Waals surface area contributed by atoms with E-state index >= 15 is 0 Å². The Morgan fingerprint density at radius 2 is 2.00 bits per heavy atom. The quantitative estimate of drug-likeness (QED) is 0.308. The number of halogens is 1. The van der Waals surface area contributed by atoms with Crippen molar-refractivity contribution in [3.05, 3.63) is 70.4 Å². The first-order valence-corrected chi connectivity index (χ1v) is 11.4. The second-order valence-electron chi connectivity index (χ2n) is 9.06. The molecule has 1 fully saturated rings. The van der Waals surface area contributed by atoms with Crippen LogP contribution in [0.15, 0.2) is 53.6 Å². The lowest BCUT2D eigenvalue weighted by Crippen LogP contribution is -2.27. The van der Waals surface area contributed by atoms with Crippen LogP contribution in [0.25, 0.3) is 11.5 Å². The van der Waals surface area contributed by atoms with Crippen molar-refractivity contribution in [2.45, 2.75) is 38.1 Å². The van der Waals surface area contributed by atoms with E-state index in [-0.39, 0.29) is 22.5 Å². The predicted octanol–water partition coefficient (Wildman–Crippen LogP) is 2.13. The fraction of sp³-hybridized carbons (Fsp3) is 0.292. The van der Waals surface area contributed by atoms with Crippen LogP contribution >= 0.6 is 0 Å². The van der Waals surface area contributed by atoms with E-state index in [0.717, 1.165) is 0 Å². The predicted molar refractivity (Wildman–Crippen MR) is 132 cm³/mol. The first-order chi connectivity index (χ1) is 17.2. The van der Waals surface area contributed by atoms with Gasteiger partial charge in [0, 0.05) is 25.7 Å². The van der Waals surface area contributed by atoms with Crippen molar-refractivity contribution >= 4 is 28.9 Å². The molecular formula is C24H25FN8O3. The number of alkyl halides is 1. The second kappa shape index (κ2) is 8.72. The Hall–Kier alpha value is -4.32. The summed E-state index contributed by atoms with van der Waals surface area (Å²) in [5.74, 6) is 0.696. The minimum atomic E-state index is -1.17. The van der Waals surface area contributed by atoms with Crippen molar-refractivity contribution < 1.29 is 14.3 Å². The number of hydrogen-bond acceptors (Lipinski definition) is 8. The van der Waals surface area contributed by atoms with Gasteiger partial charge in [-0.1, -0.05) is 6.07 Å². The summed E-state index contributed by atoms with van der Waals surface area (Å²) >= 11 is 0. The number of nitrogens with zero attached hydrogens (tertiary/aromatic N) is 5. The number of carbonyl (C=O) groups is 1. The lowest BCUT2D eigenvalue weighted by molar-refractivity contribution is 0.0738. The van der Waals surface area contributed by atoms with E-state index in [1.54, 1.807) is 63.5 Å². The fourth-order valence-corrected chi connectivity index (χ4v) is 3.73. The number of rotatable bonds is 7. The summed E-state index contributed by atoms with van der Waals surface area (Å²) in [5, 5.41) is 23.1. The van der Waals surface area contributed by atoms with Crippen molar-refractivity contribution in [2.24, 2.45) is 0 Å². The van der Waals surface area contributed by atoms with Crippen molar-refractivity contribution in [3.8, 4) is 5.82 Å². The van der Waals surface area contributed by atoms with Crippen molar-refractivity contribution in [1.29, 1.82) is 0 Å². The minimum Gasteiger partial charge on any atom is -0.384 e. The van der Waals surface area contributed by atoms with Crippen LogP contribution in [0, 0.1) is 0 Å². The van der Waals surface area contributed by atoms with Gasteiger partial charge in [-0.15, -0.1) is 0 Å². The van der Waals surface area contributed by atoms with E-state index in [0.29, 0.717) is 29.6 Å². The van der Waals surface area contributed by atoms with E-state index in [1.807, 2.05) is 0 Å². The normalized spacial score (nSPS) is 17.1. The molecule has 1 amide bonds. The molecule has 4 heterocycles. The lowest BCUT2D eigenvalue weighted by atomic mass is 10.1. The highest BCUT2D eigenvalue weighted by Gasteiger charge is 2.39. The van der Waals surface area contributed by atoms with Gasteiger partial charge in [-0.2, -0.15) is 9.61 Å². The number of hydrogen-bond donors (Lipinski definition) is 4. The molecule has 1 aliphatic carbocycles. The van der Waals surface area contributed by atoms with E-state index < -0.39 is 23.7 Å². The molecule has 2 atom stereocenters. The summed E-state index contributed by atoms with van der Waals surface area (Å²) in [6.07, 6.45) is 2.21. The molecule has 36 heavy (non-hydrogen) atoms. The number of nitrogens with one attached hydrogen (secondary N) is 3. The van der Waals surface area contributed by atoms with Gasteiger partial charge < -0.3 is 21.1 Å². The zero-order valence-electron chi connectivity index (χ0n) is 19.9. The summed E-state index contributed by atoms with van der Waals surface area (Å²) < 4.78 is 16.1. The molecule has 4 N–H and O–H groups in total. The van der Waals surface area contributed by atoms with Crippen molar-refractivity contribution in [3.63, 3.8) is 0 Å². The number of pyridine rings is 2. The average Bonchev–Trinajstić information content (AvgIpc) is 3.36. The van der Waals surface area contributed by atoms with Crippen LogP contribution in [0.3, 0.4) is 0 Å². The number of aliphatic hydroxyl groups is 1. The average molecular weight is 493 g/mol. The highest BCUT2D eigenvalue weighted by Crippen LogP contribution is 2.26. The molecule has 1 aliphatic rings. The third-order valence-electron chi connectivity index (χ3n) is 5.82. The van der Waals surface area contributed by atoms with E-state index in [2.05, 4.69) is 31.0 Å². The third-order valence-corrected chi connectivity index (χ3v) is 5.82. The van der Waals surface area contributed by atoms with E-state index in [1.165, 1.54) is 15.3 Å².